The number of hydrogen-bond acceptors (Lipinski definition) is 5. The van der Waals surface area contributed by atoms with Gasteiger partial charge in [0.05, 0.1) is 6.61 Å². The van der Waals surface area contributed by atoms with Crippen LogP contribution < -0.4 is 14.8 Å². The molecule has 0 heterocycles. The van der Waals surface area contributed by atoms with Gasteiger partial charge in [-0.3, -0.25) is 9.52 Å². The molecular formula is C21H27F2N2O5PS. The maximum Gasteiger partial charge on any atom is 0.265 e. The van der Waals surface area contributed by atoms with Gasteiger partial charge in [-0.1, -0.05) is 23.1 Å². The highest BCUT2D eigenvalue weighted by Gasteiger charge is 2.26. The predicted octanol–water partition coefficient (Wildman–Crippen LogP) is 4.00. The van der Waals surface area contributed by atoms with Crippen LogP contribution >= 0.6 is 9.24 Å². The molecular weight excluding hydrogens is 461 g/mol. The van der Waals surface area contributed by atoms with Gasteiger partial charge < -0.3 is 15.2 Å². The second-order valence-electron chi connectivity index (χ2n) is 7.65. The molecule has 0 aliphatic rings. The lowest BCUT2D eigenvalue weighted by molar-refractivity contribution is -0.125. The summed E-state index contributed by atoms with van der Waals surface area (Å²) in [5.41, 5.74) is -0.125. The molecule has 7 nitrogen and oxygen atoms in total. The van der Waals surface area contributed by atoms with Gasteiger partial charge in [0.1, 0.15) is 28.0 Å². The van der Waals surface area contributed by atoms with Gasteiger partial charge in [-0.2, -0.15) is 0 Å². The van der Waals surface area contributed by atoms with E-state index in [0.717, 1.165) is 19.1 Å². The SMILES string of the molecule is CCOc1cc(NC(=O)[C@@H](O)C(C)C)ccc1S(=O)(=O)Nc1ccc(F)c(C(C)(F)P)c1. The molecule has 0 bridgehead atoms. The lowest BCUT2D eigenvalue weighted by Gasteiger charge is -2.18. The molecule has 2 rings (SSSR count). The van der Waals surface area contributed by atoms with E-state index in [-0.39, 0.29) is 40.1 Å². The lowest BCUT2D eigenvalue weighted by Crippen LogP contribution is -2.31. The standard InChI is InChI=1S/C21H27F2N2O5PS/c1-5-30-17-11-13(24-20(27)19(26)12(2)3)7-9-18(17)32(28,29)25-14-6-8-16(22)15(10-14)21(4,23)31/h6-12,19,25-26H,5,31H2,1-4H3,(H,24,27)/t19-,21?/m0/s1. The van der Waals surface area contributed by atoms with Gasteiger partial charge in [-0.15, -0.1) is 0 Å². The molecule has 0 aromatic heterocycles. The number of halogens is 2. The number of carbonyl (C=O) groups is 1. The van der Waals surface area contributed by atoms with Crippen molar-refractivity contribution in [2.24, 2.45) is 5.92 Å². The smallest absolute Gasteiger partial charge is 0.265 e. The summed E-state index contributed by atoms with van der Waals surface area (Å²) in [5.74, 6) is -1.80. The van der Waals surface area contributed by atoms with Gasteiger partial charge in [0.15, 0.2) is 0 Å². The number of carbonyl (C=O) groups excluding carboxylic acids is 1. The van der Waals surface area contributed by atoms with Gasteiger partial charge in [0, 0.05) is 23.0 Å². The molecule has 2 aromatic carbocycles. The fourth-order valence-corrected chi connectivity index (χ4v) is 4.17. The third-order valence-electron chi connectivity index (χ3n) is 4.45. The predicted molar refractivity (Wildman–Crippen MR) is 122 cm³/mol. The van der Waals surface area contributed by atoms with Crippen molar-refractivity contribution in [2.45, 2.75) is 44.1 Å². The molecule has 0 aliphatic heterocycles. The van der Waals surface area contributed by atoms with Gasteiger partial charge >= 0.3 is 0 Å². The minimum atomic E-state index is -4.21. The molecule has 11 heteroatoms. The molecule has 0 fully saturated rings. The Labute approximate surface area is 188 Å². The number of ether oxygens (including phenoxy) is 1. The van der Waals surface area contributed by atoms with Crippen LogP contribution in [-0.2, 0) is 20.2 Å². The van der Waals surface area contributed by atoms with Crippen LogP contribution in [0.4, 0.5) is 20.2 Å². The van der Waals surface area contributed by atoms with Crippen LogP contribution in [0.25, 0.3) is 0 Å². The van der Waals surface area contributed by atoms with E-state index in [9.17, 15) is 27.1 Å². The Morgan fingerprint density at radius 1 is 1.22 bits per heavy atom. The van der Waals surface area contributed by atoms with Crippen molar-refractivity contribution in [2.75, 3.05) is 16.6 Å². The molecule has 0 saturated carbocycles. The molecule has 0 aliphatic carbocycles. The first kappa shape index (κ1) is 26.0. The van der Waals surface area contributed by atoms with E-state index in [4.69, 9.17) is 4.74 Å². The van der Waals surface area contributed by atoms with Gasteiger partial charge in [0.25, 0.3) is 15.9 Å². The Morgan fingerprint density at radius 2 is 1.84 bits per heavy atom. The monoisotopic (exact) mass is 488 g/mol. The van der Waals surface area contributed by atoms with Crippen LogP contribution in [0.1, 0.15) is 33.3 Å². The zero-order valence-electron chi connectivity index (χ0n) is 18.1. The molecule has 3 atom stereocenters. The van der Waals surface area contributed by atoms with Crippen molar-refractivity contribution in [3.63, 3.8) is 0 Å². The first-order chi connectivity index (χ1) is 14.8. The molecule has 2 unspecified atom stereocenters. The van der Waals surface area contributed by atoms with Crippen molar-refractivity contribution in [1.29, 1.82) is 0 Å². The molecule has 176 valence electrons. The average Bonchev–Trinajstić information content (AvgIpc) is 2.68. The number of alkyl halides is 1. The molecule has 0 radical (unpaired) electrons. The van der Waals surface area contributed by atoms with Gasteiger partial charge in [-0.25, -0.2) is 17.2 Å². The van der Waals surface area contributed by atoms with Crippen LogP contribution in [0.5, 0.6) is 5.75 Å². The Balaban J connectivity index is 2.38. The summed E-state index contributed by atoms with van der Waals surface area (Å²) in [5, 5.41) is 10.3. The molecule has 0 spiro atoms. The van der Waals surface area contributed by atoms with E-state index in [0.29, 0.717) is 0 Å². The molecule has 2 aromatic rings. The summed E-state index contributed by atoms with van der Waals surface area (Å²) in [6.07, 6.45) is -1.23. The number of rotatable bonds is 9. The number of sulfonamides is 1. The quantitative estimate of drug-likeness (QED) is 0.463. The first-order valence-corrected chi connectivity index (χ1v) is 11.9. The van der Waals surface area contributed by atoms with Crippen LogP contribution in [0.3, 0.4) is 0 Å². The highest BCUT2D eigenvalue weighted by atomic mass is 32.2. The maximum absolute atomic E-state index is 14.2. The number of nitrogens with one attached hydrogen (secondary N) is 2. The minimum Gasteiger partial charge on any atom is -0.492 e. The minimum absolute atomic E-state index is 0.0346. The van der Waals surface area contributed by atoms with E-state index in [1.807, 2.05) is 9.24 Å². The highest BCUT2D eigenvalue weighted by Crippen LogP contribution is 2.36. The molecule has 3 N–H and O–H groups in total. The topological polar surface area (TPSA) is 105 Å². The third-order valence-corrected chi connectivity index (χ3v) is 6.18. The van der Waals surface area contributed by atoms with Crippen molar-refractivity contribution in [1.82, 2.24) is 0 Å². The van der Waals surface area contributed by atoms with Crippen LogP contribution in [0, 0.1) is 11.7 Å². The number of hydrogen-bond donors (Lipinski definition) is 3. The van der Waals surface area contributed by atoms with Crippen molar-refractivity contribution < 1.29 is 31.8 Å². The lowest BCUT2D eigenvalue weighted by atomic mass is 10.1. The van der Waals surface area contributed by atoms with Crippen LogP contribution in [0.15, 0.2) is 41.3 Å². The number of anilines is 2. The maximum atomic E-state index is 14.2. The zero-order chi connectivity index (χ0) is 24.3. The Kier molecular flexibility index (Phi) is 8.20. The van der Waals surface area contributed by atoms with E-state index in [2.05, 4.69) is 10.0 Å². The van der Waals surface area contributed by atoms with E-state index < -0.39 is 33.3 Å². The number of benzene rings is 2. The summed E-state index contributed by atoms with van der Waals surface area (Å²) in [4.78, 5) is 11.9. The van der Waals surface area contributed by atoms with E-state index in [1.54, 1.807) is 20.8 Å². The second-order valence-corrected chi connectivity index (χ2v) is 10.4. The Hall–Kier alpha value is -2.29. The van der Waals surface area contributed by atoms with Crippen molar-refractivity contribution >= 4 is 36.5 Å². The highest BCUT2D eigenvalue weighted by molar-refractivity contribution is 7.92. The fraction of sp³-hybridized carbons (Fsp3) is 0.381. The molecule has 32 heavy (non-hydrogen) atoms. The summed E-state index contributed by atoms with van der Waals surface area (Å²) in [6, 6.07) is 7.11. The Morgan fingerprint density at radius 3 is 2.41 bits per heavy atom. The number of aliphatic hydroxyl groups excluding tert-OH is 1. The number of aliphatic hydroxyl groups is 1. The Bertz CT molecular complexity index is 1090. The average molecular weight is 488 g/mol. The van der Waals surface area contributed by atoms with Crippen molar-refractivity contribution in [3.05, 3.63) is 47.8 Å². The van der Waals surface area contributed by atoms with Crippen LogP contribution in [-0.4, -0.2) is 32.1 Å². The zero-order valence-corrected chi connectivity index (χ0v) is 20.1. The summed E-state index contributed by atoms with van der Waals surface area (Å²) in [7, 11) is -2.35. The molecule has 1 amide bonds. The normalized spacial score (nSPS) is 14.5. The van der Waals surface area contributed by atoms with Crippen LogP contribution in [0.2, 0.25) is 0 Å². The fourth-order valence-electron chi connectivity index (χ4n) is 2.77. The largest absolute Gasteiger partial charge is 0.492 e. The summed E-state index contributed by atoms with van der Waals surface area (Å²) in [6.45, 7) is 6.29. The third kappa shape index (κ3) is 6.37. The number of amides is 1. The summed E-state index contributed by atoms with van der Waals surface area (Å²) >= 11 is 0. The first-order valence-electron chi connectivity index (χ1n) is 9.82. The van der Waals surface area contributed by atoms with Gasteiger partial charge in [0.2, 0.25) is 0 Å². The van der Waals surface area contributed by atoms with E-state index in [1.165, 1.54) is 24.3 Å². The van der Waals surface area contributed by atoms with Crippen molar-refractivity contribution in [3.8, 4) is 5.75 Å². The second kappa shape index (κ2) is 10.1. The van der Waals surface area contributed by atoms with E-state index >= 15 is 0 Å². The molecule has 0 saturated heterocycles. The summed E-state index contributed by atoms with van der Waals surface area (Å²) < 4.78 is 61.8. The van der Waals surface area contributed by atoms with Gasteiger partial charge in [-0.05, 0) is 50.1 Å².